The van der Waals surface area contributed by atoms with Crippen molar-refractivity contribution in [3.05, 3.63) is 29.3 Å². The topological polar surface area (TPSA) is 72.5 Å². The molecule has 5 nitrogen and oxygen atoms in total. The molecule has 0 fully saturated rings. The van der Waals surface area contributed by atoms with Gasteiger partial charge in [0, 0.05) is 24.7 Å². The second-order valence-electron chi connectivity index (χ2n) is 3.78. The minimum atomic E-state index is -3.82. The summed E-state index contributed by atoms with van der Waals surface area (Å²) in [5.41, 5.74) is 0. The van der Waals surface area contributed by atoms with E-state index in [4.69, 9.17) is 16.3 Å². The molecule has 0 aliphatic rings. The summed E-state index contributed by atoms with van der Waals surface area (Å²) >= 11 is 5.67. The van der Waals surface area contributed by atoms with Crippen LogP contribution in [-0.4, -0.2) is 27.5 Å². The minimum Gasteiger partial charge on any atom is -0.382 e. The molecule has 0 saturated heterocycles. The Balaban J connectivity index is 2.55. The summed E-state index contributed by atoms with van der Waals surface area (Å²) in [6, 6.07) is 5.60. The van der Waals surface area contributed by atoms with Gasteiger partial charge in [-0.15, -0.1) is 0 Å². The quantitative estimate of drug-likeness (QED) is 0.782. The Morgan fingerprint density at radius 2 is 1.95 bits per heavy atom. The van der Waals surface area contributed by atoms with E-state index in [0.717, 1.165) is 0 Å². The van der Waals surface area contributed by atoms with E-state index in [1.54, 1.807) is 0 Å². The number of amides is 1. The summed E-state index contributed by atoms with van der Waals surface area (Å²) in [5, 5.41) is 0.432. The van der Waals surface area contributed by atoms with Gasteiger partial charge in [0.2, 0.25) is 5.91 Å². The molecule has 1 aromatic carbocycles. The summed E-state index contributed by atoms with van der Waals surface area (Å²) in [7, 11) is -3.82. The third-order valence-electron chi connectivity index (χ3n) is 2.27. The van der Waals surface area contributed by atoms with E-state index in [-0.39, 0.29) is 11.3 Å². The van der Waals surface area contributed by atoms with Crippen molar-refractivity contribution < 1.29 is 17.9 Å². The third kappa shape index (κ3) is 5.59. The minimum absolute atomic E-state index is 0.00931. The van der Waals surface area contributed by atoms with E-state index >= 15 is 0 Å². The Morgan fingerprint density at radius 3 is 2.53 bits per heavy atom. The lowest BCUT2D eigenvalue weighted by molar-refractivity contribution is -0.119. The molecule has 0 unspecified atom stereocenters. The fourth-order valence-electron chi connectivity index (χ4n) is 1.35. The van der Waals surface area contributed by atoms with Crippen LogP contribution in [0.2, 0.25) is 5.02 Å². The largest absolute Gasteiger partial charge is 0.382 e. The average molecular weight is 306 g/mol. The molecule has 0 bridgehead atoms. The van der Waals surface area contributed by atoms with Crippen LogP contribution >= 0.6 is 11.6 Å². The number of halogens is 1. The lowest BCUT2D eigenvalue weighted by Gasteiger charge is -2.07. The molecule has 7 heteroatoms. The molecule has 1 rings (SSSR count). The zero-order valence-corrected chi connectivity index (χ0v) is 12.1. The Bertz CT molecular complexity index is 513. The van der Waals surface area contributed by atoms with Gasteiger partial charge in [0.15, 0.2) is 0 Å². The van der Waals surface area contributed by atoms with Gasteiger partial charge in [0.05, 0.1) is 4.90 Å². The van der Waals surface area contributed by atoms with E-state index in [2.05, 4.69) is 0 Å². The highest BCUT2D eigenvalue weighted by atomic mass is 35.5. The van der Waals surface area contributed by atoms with Crippen LogP contribution in [0.4, 0.5) is 0 Å². The first-order valence-electron chi connectivity index (χ1n) is 5.84. The normalized spacial score (nSPS) is 11.3. The SMILES string of the molecule is CCOCCCC(=O)NS(=O)(=O)c1ccc(Cl)cc1. The summed E-state index contributed by atoms with van der Waals surface area (Å²) in [5.74, 6) is -0.547. The first-order chi connectivity index (χ1) is 8.95. The van der Waals surface area contributed by atoms with E-state index in [1.165, 1.54) is 24.3 Å². The summed E-state index contributed by atoms with van der Waals surface area (Å²) in [4.78, 5) is 11.5. The highest BCUT2D eigenvalue weighted by Gasteiger charge is 2.16. The summed E-state index contributed by atoms with van der Waals surface area (Å²) < 4.78 is 30.7. The van der Waals surface area contributed by atoms with Crippen molar-refractivity contribution in [3.63, 3.8) is 0 Å². The standard InChI is InChI=1S/C12H16ClNO4S/c1-2-18-9-3-4-12(15)14-19(16,17)11-7-5-10(13)6-8-11/h5-8H,2-4,9H2,1H3,(H,14,15). The second kappa shape index (κ2) is 7.47. The van der Waals surface area contributed by atoms with Gasteiger partial charge in [0.1, 0.15) is 0 Å². The zero-order chi connectivity index (χ0) is 14.3. The third-order valence-corrected chi connectivity index (χ3v) is 3.91. The van der Waals surface area contributed by atoms with Gasteiger partial charge in [0.25, 0.3) is 10.0 Å². The highest BCUT2D eigenvalue weighted by Crippen LogP contribution is 2.13. The molecule has 0 radical (unpaired) electrons. The van der Waals surface area contributed by atoms with Gasteiger partial charge in [-0.05, 0) is 37.6 Å². The number of carbonyl (C=O) groups is 1. The van der Waals surface area contributed by atoms with Crippen LogP contribution < -0.4 is 4.72 Å². The molecule has 0 aliphatic heterocycles. The Kier molecular flexibility index (Phi) is 6.27. The van der Waals surface area contributed by atoms with E-state index in [9.17, 15) is 13.2 Å². The molecule has 1 N–H and O–H groups in total. The molecule has 106 valence electrons. The smallest absolute Gasteiger partial charge is 0.264 e. The number of rotatable bonds is 7. The monoisotopic (exact) mass is 305 g/mol. The number of benzene rings is 1. The summed E-state index contributed by atoms with van der Waals surface area (Å²) in [6.07, 6.45) is 0.586. The lowest BCUT2D eigenvalue weighted by Crippen LogP contribution is -2.30. The molecular weight excluding hydrogens is 290 g/mol. The van der Waals surface area contributed by atoms with Crippen molar-refractivity contribution in [2.24, 2.45) is 0 Å². The van der Waals surface area contributed by atoms with E-state index < -0.39 is 15.9 Å². The second-order valence-corrected chi connectivity index (χ2v) is 5.90. The van der Waals surface area contributed by atoms with Crippen molar-refractivity contribution in [2.45, 2.75) is 24.7 Å². The van der Waals surface area contributed by atoms with Crippen LogP contribution in [0.5, 0.6) is 0 Å². The Hall–Kier alpha value is -1.11. The number of nitrogens with one attached hydrogen (secondary N) is 1. The van der Waals surface area contributed by atoms with Crippen LogP contribution in [0.1, 0.15) is 19.8 Å². The number of sulfonamides is 1. The number of ether oxygens (including phenoxy) is 1. The molecule has 0 heterocycles. The van der Waals surface area contributed by atoms with Crippen molar-refractivity contribution in [3.8, 4) is 0 Å². The maximum absolute atomic E-state index is 11.8. The molecule has 0 aliphatic carbocycles. The zero-order valence-electron chi connectivity index (χ0n) is 10.6. The number of hydrogen-bond donors (Lipinski definition) is 1. The number of carbonyl (C=O) groups excluding carboxylic acids is 1. The molecular formula is C12H16ClNO4S. The predicted molar refractivity (Wildman–Crippen MR) is 72.5 cm³/mol. The lowest BCUT2D eigenvalue weighted by atomic mass is 10.3. The van der Waals surface area contributed by atoms with Gasteiger partial charge in [-0.3, -0.25) is 4.79 Å². The molecule has 0 saturated carbocycles. The fourth-order valence-corrected chi connectivity index (χ4v) is 2.49. The Morgan fingerprint density at radius 1 is 1.32 bits per heavy atom. The number of hydrogen-bond acceptors (Lipinski definition) is 4. The predicted octanol–water partition coefficient (Wildman–Crippen LogP) is 1.96. The van der Waals surface area contributed by atoms with Gasteiger partial charge in [-0.1, -0.05) is 11.6 Å². The van der Waals surface area contributed by atoms with Crippen molar-refractivity contribution in [1.82, 2.24) is 4.72 Å². The maximum atomic E-state index is 11.8. The molecule has 1 aromatic rings. The Labute approximate surface area is 118 Å². The average Bonchev–Trinajstić information content (AvgIpc) is 2.34. The molecule has 19 heavy (non-hydrogen) atoms. The maximum Gasteiger partial charge on any atom is 0.264 e. The van der Waals surface area contributed by atoms with E-state index in [0.29, 0.717) is 24.7 Å². The molecule has 0 atom stereocenters. The molecule has 0 aromatic heterocycles. The van der Waals surface area contributed by atoms with Crippen LogP contribution in [0.15, 0.2) is 29.2 Å². The van der Waals surface area contributed by atoms with Crippen LogP contribution in [0.25, 0.3) is 0 Å². The van der Waals surface area contributed by atoms with Crippen molar-refractivity contribution in [2.75, 3.05) is 13.2 Å². The molecule has 0 spiro atoms. The first kappa shape index (κ1) is 15.9. The van der Waals surface area contributed by atoms with Gasteiger partial charge in [-0.2, -0.15) is 0 Å². The summed E-state index contributed by atoms with van der Waals surface area (Å²) in [6.45, 7) is 2.86. The molecule has 1 amide bonds. The first-order valence-corrected chi connectivity index (χ1v) is 7.71. The highest BCUT2D eigenvalue weighted by molar-refractivity contribution is 7.90. The van der Waals surface area contributed by atoms with Crippen molar-refractivity contribution in [1.29, 1.82) is 0 Å². The van der Waals surface area contributed by atoms with Gasteiger partial charge in [-0.25, -0.2) is 13.1 Å². The van der Waals surface area contributed by atoms with Crippen molar-refractivity contribution >= 4 is 27.5 Å². The van der Waals surface area contributed by atoms with Crippen LogP contribution in [0.3, 0.4) is 0 Å². The van der Waals surface area contributed by atoms with Crippen LogP contribution in [-0.2, 0) is 19.6 Å². The van der Waals surface area contributed by atoms with E-state index in [1.807, 2.05) is 11.6 Å². The fraction of sp³-hybridized carbons (Fsp3) is 0.417. The van der Waals surface area contributed by atoms with Gasteiger partial charge < -0.3 is 4.74 Å². The van der Waals surface area contributed by atoms with Crippen LogP contribution in [0, 0.1) is 0 Å². The van der Waals surface area contributed by atoms with Gasteiger partial charge >= 0.3 is 0 Å².